The molecule has 3 aromatic rings. The molecule has 0 spiro atoms. The van der Waals surface area contributed by atoms with E-state index in [0.29, 0.717) is 37.6 Å². The summed E-state index contributed by atoms with van der Waals surface area (Å²) in [7, 11) is 1.62. The lowest BCUT2D eigenvalue weighted by atomic mass is 10.0. The molecule has 0 bridgehead atoms. The Morgan fingerprint density at radius 3 is 2.67 bits per heavy atom. The number of hydrogen-bond donors (Lipinski definition) is 2. The number of hydrogen-bond acceptors (Lipinski definition) is 7. The highest BCUT2D eigenvalue weighted by Gasteiger charge is 2.14. The van der Waals surface area contributed by atoms with Crippen LogP contribution in [-0.2, 0) is 22.4 Å². The zero-order valence-corrected chi connectivity index (χ0v) is 18.8. The molecule has 1 unspecified atom stereocenters. The minimum absolute atomic E-state index is 0.0524. The van der Waals surface area contributed by atoms with E-state index in [2.05, 4.69) is 15.3 Å². The summed E-state index contributed by atoms with van der Waals surface area (Å²) < 4.78 is 24.9. The second-order valence-electron chi connectivity index (χ2n) is 7.54. The summed E-state index contributed by atoms with van der Waals surface area (Å²) in [5.41, 5.74) is 2.27. The molecule has 0 aliphatic heterocycles. The van der Waals surface area contributed by atoms with Gasteiger partial charge in [0.05, 0.1) is 12.8 Å². The smallest absolute Gasteiger partial charge is 0.184 e. The number of aromatic nitrogens is 2. The van der Waals surface area contributed by atoms with E-state index in [-0.39, 0.29) is 18.0 Å². The average Bonchev–Trinajstić information content (AvgIpc) is 2.82. The number of nitrogens with zero attached hydrogens (tertiary/aromatic N) is 2. The van der Waals surface area contributed by atoms with E-state index >= 15 is 0 Å². The molecule has 0 aliphatic rings. The number of methoxy groups -OCH3 is 1. The average molecular weight is 454 g/mol. The summed E-state index contributed by atoms with van der Waals surface area (Å²) in [6, 6.07) is 14.6. The maximum atomic E-state index is 14.4. The van der Waals surface area contributed by atoms with Gasteiger partial charge in [-0.3, -0.25) is 4.79 Å². The van der Waals surface area contributed by atoms with Gasteiger partial charge in [0.1, 0.15) is 24.3 Å². The van der Waals surface area contributed by atoms with E-state index in [4.69, 9.17) is 9.47 Å². The first-order valence-electron chi connectivity index (χ1n) is 10.8. The minimum atomic E-state index is -0.977. The zero-order valence-electron chi connectivity index (χ0n) is 18.8. The van der Waals surface area contributed by atoms with Crippen molar-refractivity contribution in [2.45, 2.75) is 32.3 Å². The van der Waals surface area contributed by atoms with Crippen LogP contribution in [0.1, 0.15) is 30.3 Å². The highest BCUT2D eigenvalue weighted by molar-refractivity contribution is 5.85. The molecule has 2 aromatic carbocycles. The molecule has 33 heavy (non-hydrogen) atoms. The number of aliphatic hydroxyl groups is 1. The van der Waals surface area contributed by atoms with E-state index in [1.165, 1.54) is 0 Å². The van der Waals surface area contributed by atoms with Crippen molar-refractivity contribution in [3.63, 3.8) is 0 Å². The molecule has 3 rings (SSSR count). The number of carbonyl (C=O) groups excluding carboxylic acids is 1. The summed E-state index contributed by atoms with van der Waals surface area (Å²) in [5, 5.41) is 12.7. The van der Waals surface area contributed by atoms with Gasteiger partial charge in [0.15, 0.2) is 17.4 Å². The first-order chi connectivity index (χ1) is 16.0. The van der Waals surface area contributed by atoms with Gasteiger partial charge < -0.3 is 19.9 Å². The third-order valence-electron chi connectivity index (χ3n) is 4.96. The second-order valence-corrected chi connectivity index (χ2v) is 7.54. The van der Waals surface area contributed by atoms with Gasteiger partial charge in [0.25, 0.3) is 0 Å². The summed E-state index contributed by atoms with van der Waals surface area (Å²) in [6.45, 7) is 2.74. The zero-order chi connectivity index (χ0) is 23.6. The van der Waals surface area contributed by atoms with E-state index in [1.807, 2.05) is 24.3 Å². The summed E-state index contributed by atoms with van der Waals surface area (Å²) in [6.07, 6.45) is 1.06. The Hall–Kier alpha value is -3.36. The number of nitrogens with one attached hydrogen (secondary N) is 1. The Morgan fingerprint density at radius 2 is 1.94 bits per heavy atom. The predicted molar refractivity (Wildman–Crippen MR) is 123 cm³/mol. The Kier molecular flexibility index (Phi) is 8.86. The van der Waals surface area contributed by atoms with Crippen molar-refractivity contribution in [3.05, 3.63) is 77.5 Å². The lowest BCUT2D eigenvalue weighted by Crippen LogP contribution is -2.21. The molecule has 2 N–H and O–H groups in total. The molecule has 174 valence electrons. The number of halogens is 1. The van der Waals surface area contributed by atoms with Crippen LogP contribution in [0, 0.1) is 5.82 Å². The maximum Gasteiger partial charge on any atom is 0.184 e. The van der Waals surface area contributed by atoms with Crippen LogP contribution in [0.5, 0.6) is 5.75 Å². The maximum absolute atomic E-state index is 14.4. The van der Waals surface area contributed by atoms with Gasteiger partial charge in [0, 0.05) is 25.6 Å². The van der Waals surface area contributed by atoms with Crippen molar-refractivity contribution in [3.8, 4) is 5.75 Å². The topological polar surface area (TPSA) is 93.6 Å². The van der Waals surface area contributed by atoms with Crippen molar-refractivity contribution in [1.82, 2.24) is 9.97 Å². The molecule has 8 heteroatoms. The van der Waals surface area contributed by atoms with Crippen LogP contribution < -0.4 is 10.1 Å². The summed E-state index contributed by atoms with van der Waals surface area (Å²) in [5.74, 6) is 0.424. The van der Waals surface area contributed by atoms with Crippen LogP contribution in [0.25, 0.3) is 0 Å². The number of ketones is 1. The van der Waals surface area contributed by atoms with Crippen LogP contribution in [0.15, 0.2) is 54.7 Å². The molecule has 1 heterocycles. The lowest BCUT2D eigenvalue weighted by molar-refractivity contribution is -0.126. The number of benzene rings is 2. The molecule has 0 radical (unpaired) electrons. The van der Waals surface area contributed by atoms with Gasteiger partial charge in [0.2, 0.25) is 0 Å². The fraction of sp³-hybridized carbons (Fsp3) is 0.320. The second kappa shape index (κ2) is 12.0. The van der Waals surface area contributed by atoms with E-state index in [1.54, 1.807) is 38.3 Å². The van der Waals surface area contributed by atoms with Crippen LogP contribution in [0.4, 0.5) is 15.9 Å². The van der Waals surface area contributed by atoms with Crippen LogP contribution in [-0.4, -0.2) is 47.3 Å². The van der Waals surface area contributed by atoms with Gasteiger partial charge in [-0.15, -0.1) is 0 Å². The third-order valence-corrected chi connectivity index (χ3v) is 4.96. The van der Waals surface area contributed by atoms with Gasteiger partial charge in [-0.1, -0.05) is 31.2 Å². The Bertz CT molecular complexity index is 1060. The van der Waals surface area contributed by atoms with Crippen molar-refractivity contribution >= 4 is 17.3 Å². The van der Waals surface area contributed by atoms with Crippen molar-refractivity contribution in [2.24, 2.45) is 0 Å². The normalized spacial score (nSPS) is 11.8. The Morgan fingerprint density at radius 1 is 1.15 bits per heavy atom. The fourth-order valence-corrected chi connectivity index (χ4v) is 3.15. The first-order valence-corrected chi connectivity index (χ1v) is 10.8. The number of ether oxygens (including phenoxy) is 2. The number of aliphatic hydroxyl groups excluding tert-OH is 1. The number of anilines is 2. The molecule has 0 saturated carbocycles. The van der Waals surface area contributed by atoms with Gasteiger partial charge >= 0.3 is 0 Å². The van der Waals surface area contributed by atoms with Gasteiger partial charge in [-0.2, -0.15) is 0 Å². The molecule has 0 saturated heterocycles. The predicted octanol–water partition coefficient (Wildman–Crippen LogP) is 3.86. The number of rotatable bonds is 12. The van der Waals surface area contributed by atoms with Gasteiger partial charge in [-0.05, 0) is 41.8 Å². The quantitative estimate of drug-likeness (QED) is 0.402. The molecule has 0 amide bonds. The van der Waals surface area contributed by atoms with E-state index < -0.39 is 11.9 Å². The monoisotopic (exact) mass is 453 g/mol. The SMILES string of the molecule is CCC(O)C(=O)Cc1cccc(Nc2nc(Cc3ccc(OCCOC)cc3)ncc2F)c1. The molecule has 1 atom stereocenters. The Labute approximate surface area is 192 Å². The molecule has 0 aliphatic carbocycles. The molecule has 0 fully saturated rings. The van der Waals surface area contributed by atoms with Crippen LogP contribution in [0.3, 0.4) is 0 Å². The standard InChI is InChI=1S/C25H28FN3O4/c1-3-22(30)23(31)14-18-5-4-6-19(13-18)28-25-21(26)16-27-24(29-25)15-17-7-9-20(10-8-17)33-12-11-32-2/h4-10,13,16,22,30H,3,11-12,14-15H2,1-2H3,(H,27,28,29). The molecule has 1 aromatic heterocycles. The Balaban J connectivity index is 1.67. The molecule has 7 nitrogen and oxygen atoms in total. The van der Waals surface area contributed by atoms with Gasteiger partial charge in [-0.25, -0.2) is 14.4 Å². The molecular formula is C25H28FN3O4. The van der Waals surface area contributed by atoms with Crippen LogP contribution in [0.2, 0.25) is 0 Å². The highest BCUT2D eigenvalue weighted by Crippen LogP contribution is 2.21. The number of Topliss-reactive ketones (excluding diaryl/α,β-unsaturated/α-hetero) is 1. The highest BCUT2D eigenvalue weighted by atomic mass is 19.1. The van der Waals surface area contributed by atoms with E-state index in [0.717, 1.165) is 23.1 Å². The van der Waals surface area contributed by atoms with Crippen LogP contribution >= 0.6 is 0 Å². The number of carbonyl (C=O) groups is 1. The fourth-order valence-electron chi connectivity index (χ4n) is 3.15. The minimum Gasteiger partial charge on any atom is -0.491 e. The van der Waals surface area contributed by atoms with E-state index in [9.17, 15) is 14.3 Å². The van der Waals surface area contributed by atoms with Crippen molar-refractivity contribution < 1.29 is 23.8 Å². The largest absolute Gasteiger partial charge is 0.491 e. The summed E-state index contributed by atoms with van der Waals surface area (Å²) in [4.78, 5) is 20.4. The summed E-state index contributed by atoms with van der Waals surface area (Å²) >= 11 is 0. The third kappa shape index (κ3) is 7.34. The van der Waals surface area contributed by atoms with Crippen molar-refractivity contribution in [2.75, 3.05) is 25.6 Å². The molecular weight excluding hydrogens is 425 g/mol. The lowest BCUT2D eigenvalue weighted by Gasteiger charge is -2.11. The first kappa shape index (κ1) is 24.3. The van der Waals surface area contributed by atoms with Crippen molar-refractivity contribution in [1.29, 1.82) is 0 Å².